The van der Waals surface area contributed by atoms with Crippen molar-refractivity contribution in [3.8, 4) is 0 Å². The molecule has 0 aliphatic heterocycles. The molecule has 9 nitrogen and oxygen atoms in total. The molecule has 0 aliphatic rings. The molecule has 0 N–H and O–H groups in total. The van der Waals surface area contributed by atoms with Crippen molar-refractivity contribution in [1.29, 1.82) is 0 Å². The maximum Gasteiger partial charge on any atom is 0.306 e. The van der Waals surface area contributed by atoms with Gasteiger partial charge in [-0.05, 0) is 51.4 Å². The van der Waals surface area contributed by atoms with E-state index in [1.54, 1.807) is 0 Å². The number of phosphoric ester groups is 1. The van der Waals surface area contributed by atoms with Crippen molar-refractivity contribution in [3.05, 3.63) is 36.5 Å². The lowest BCUT2D eigenvalue weighted by molar-refractivity contribution is -0.870. The van der Waals surface area contributed by atoms with Crippen LogP contribution in [0.1, 0.15) is 194 Å². The summed E-state index contributed by atoms with van der Waals surface area (Å²) in [4.78, 5) is 37.2. The number of nitrogens with zero attached hydrogens (tertiary/aromatic N) is 1. The van der Waals surface area contributed by atoms with Gasteiger partial charge in [0.05, 0.1) is 27.7 Å². The first-order valence-corrected chi connectivity index (χ1v) is 24.2. The predicted octanol–water partition coefficient (Wildman–Crippen LogP) is 12.3. The van der Waals surface area contributed by atoms with Crippen LogP contribution in [-0.2, 0) is 32.7 Å². The number of allylic oxidation sites excluding steroid dienone is 6. The zero-order valence-corrected chi connectivity index (χ0v) is 37.7. The molecule has 0 heterocycles. The number of hydrogen-bond acceptors (Lipinski definition) is 8. The van der Waals surface area contributed by atoms with E-state index < -0.39 is 32.5 Å². The Morgan fingerprint density at radius 2 is 0.964 bits per heavy atom. The fraction of sp³-hybridized carbons (Fsp3) is 0.826. The van der Waals surface area contributed by atoms with Crippen molar-refractivity contribution in [1.82, 2.24) is 0 Å². The number of rotatable bonds is 41. The van der Waals surface area contributed by atoms with E-state index in [1.165, 1.54) is 96.3 Å². The molecule has 56 heavy (non-hydrogen) atoms. The SMILES string of the molecule is CCCCCCC/C=C\C/C=C\C/C=C\CCCCCCCCCCCCCCC(=O)OC(COC(=O)CCCCCCC)COP(=O)([O-])OCC[N+](C)(C)C. The average Bonchev–Trinajstić information content (AvgIpc) is 3.15. The van der Waals surface area contributed by atoms with Gasteiger partial charge >= 0.3 is 11.9 Å². The highest BCUT2D eigenvalue weighted by Gasteiger charge is 2.21. The van der Waals surface area contributed by atoms with Gasteiger partial charge in [-0.25, -0.2) is 0 Å². The van der Waals surface area contributed by atoms with Crippen molar-refractivity contribution in [2.24, 2.45) is 0 Å². The summed E-state index contributed by atoms with van der Waals surface area (Å²) in [5.74, 6) is -0.849. The summed E-state index contributed by atoms with van der Waals surface area (Å²) >= 11 is 0. The van der Waals surface area contributed by atoms with Crippen LogP contribution in [0.4, 0.5) is 0 Å². The molecule has 0 bridgehead atoms. The normalized spacial score (nSPS) is 13.9. The summed E-state index contributed by atoms with van der Waals surface area (Å²) in [6.45, 7) is 4.12. The molecule has 2 atom stereocenters. The van der Waals surface area contributed by atoms with Crippen molar-refractivity contribution in [3.63, 3.8) is 0 Å². The third-order valence-corrected chi connectivity index (χ3v) is 10.6. The van der Waals surface area contributed by atoms with Crippen LogP contribution in [0.15, 0.2) is 36.5 Å². The molecule has 0 aromatic rings. The van der Waals surface area contributed by atoms with Crippen LogP contribution >= 0.6 is 7.82 Å². The van der Waals surface area contributed by atoms with Crippen LogP contribution in [0.25, 0.3) is 0 Å². The Balaban J connectivity index is 4.03. The van der Waals surface area contributed by atoms with Crippen LogP contribution in [0.5, 0.6) is 0 Å². The van der Waals surface area contributed by atoms with E-state index in [1.807, 2.05) is 21.1 Å². The fourth-order valence-corrected chi connectivity index (χ4v) is 6.80. The lowest BCUT2D eigenvalue weighted by Gasteiger charge is -2.28. The lowest BCUT2D eigenvalue weighted by atomic mass is 10.0. The molecule has 0 aromatic carbocycles. The van der Waals surface area contributed by atoms with Crippen LogP contribution in [0.3, 0.4) is 0 Å². The van der Waals surface area contributed by atoms with E-state index in [9.17, 15) is 19.0 Å². The van der Waals surface area contributed by atoms with Gasteiger partial charge in [0.25, 0.3) is 7.82 Å². The molecule has 10 heteroatoms. The van der Waals surface area contributed by atoms with Gasteiger partial charge in [0.2, 0.25) is 0 Å². The van der Waals surface area contributed by atoms with E-state index in [2.05, 4.69) is 50.3 Å². The molecule has 0 spiro atoms. The molecule has 2 unspecified atom stereocenters. The van der Waals surface area contributed by atoms with Crippen LogP contribution in [0.2, 0.25) is 0 Å². The van der Waals surface area contributed by atoms with Gasteiger partial charge in [-0.2, -0.15) is 0 Å². The second-order valence-electron chi connectivity index (χ2n) is 16.4. The Morgan fingerprint density at radius 3 is 1.43 bits per heavy atom. The number of esters is 2. The fourth-order valence-electron chi connectivity index (χ4n) is 6.07. The molecular formula is C46H86NO8P. The molecule has 0 amide bonds. The topological polar surface area (TPSA) is 111 Å². The summed E-state index contributed by atoms with van der Waals surface area (Å²) in [6, 6.07) is 0. The third-order valence-electron chi connectivity index (χ3n) is 9.66. The Bertz CT molecular complexity index is 1050. The molecule has 0 aliphatic carbocycles. The highest BCUT2D eigenvalue weighted by molar-refractivity contribution is 7.45. The highest BCUT2D eigenvalue weighted by Crippen LogP contribution is 2.38. The van der Waals surface area contributed by atoms with E-state index in [0.717, 1.165) is 64.2 Å². The smallest absolute Gasteiger partial charge is 0.306 e. The first-order chi connectivity index (χ1) is 27.0. The largest absolute Gasteiger partial charge is 0.756 e. The second-order valence-corrected chi connectivity index (χ2v) is 17.8. The number of carbonyl (C=O) groups is 2. The van der Waals surface area contributed by atoms with Gasteiger partial charge in [0.15, 0.2) is 6.10 Å². The number of unbranched alkanes of at least 4 members (excludes halogenated alkanes) is 21. The van der Waals surface area contributed by atoms with Gasteiger partial charge in [-0.1, -0.05) is 166 Å². The molecule has 0 saturated carbocycles. The minimum Gasteiger partial charge on any atom is -0.756 e. The van der Waals surface area contributed by atoms with Crippen molar-refractivity contribution in [2.45, 2.75) is 200 Å². The number of ether oxygens (including phenoxy) is 2. The number of carbonyl (C=O) groups excluding carboxylic acids is 2. The number of quaternary nitrogens is 1. The van der Waals surface area contributed by atoms with Crippen LogP contribution in [-0.4, -0.2) is 70.0 Å². The summed E-state index contributed by atoms with van der Waals surface area (Å²) < 4.78 is 33.7. The monoisotopic (exact) mass is 812 g/mol. The number of phosphoric acid groups is 1. The second kappa shape index (κ2) is 38.7. The summed E-state index contributed by atoms with van der Waals surface area (Å²) in [6.07, 6.45) is 43.7. The zero-order valence-electron chi connectivity index (χ0n) is 36.8. The molecule has 0 fully saturated rings. The van der Waals surface area contributed by atoms with Crippen molar-refractivity contribution in [2.75, 3.05) is 47.5 Å². The van der Waals surface area contributed by atoms with Crippen molar-refractivity contribution < 1.29 is 42.1 Å². The maximum absolute atomic E-state index is 12.6. The Labute approximate surface area is 344 Å². The van der Waals surface area contributed by atoms with E-state index in [4.69, 9.17) is 18.5 Å². The van der Waals surface area contributed by atoms with Crippen LogP contribution in [0, 0.1) is 0 Å². The molecule has 0 saturated heterocycles. The number of likely N-dealkylation sites (N-methyl/N-ethyl adjacent to an activating group) is 1. The molecule has 0 aromatic heterocycles. The standard InChI is InChI=1S/C46H86NO8P/c1-6-8-10-12-13-14-15-16-17-18-19-20-21-22-23-24-25-26-27-28-29-30-31-32-33-35-37-39-46(49)55-44(42-52-45(48)38-36-34-11-9-7-2)43-54-56(50,51)53-41-40-47(3,4)5/h15-16,18-19,21-22,44H,6-14,17,20,23-43H2,1-5H3/b16-15-,19-18-,22-21-. The van der Waals surface area contributed by atoms with Crippen LogP contribution < -0.4 is 4.89 Å². The Kier molecular flexibility index (Phi) is 37.5. The van der Waals surface area contributed by atoms with E-state index in [0.29, 0.717) is 17.4 Å². The molecule has 0 radical (unpaired) electrons. The first kappa shape index (κ1) is 54.2. The molecule has 328 valence electrons. The van der Waals surface area contributed by atoms with E-state index in [-0.39, 0.29) is 26.1 Å². The Morgan fingerprint density at radius 1 is 0.554 bits per heavy atom. The van der Waals surface area contributed by atoms with Gasteiger partial charge in [-0.3, -0.25) is 14.2 Å². The summed E-state index contributed by atoms with van der Waals surface area (Å²) in [7, 11) is 1.16. The lowest BCUT2D eigenvalue weighted by Crippen LogP contribution is -2.37. The zero-order chi connectivity index (χ0) is 41.4. The maximum atomic E-state index is 12.6. The van der Waals surface area contributed by atoms with Gasteiger partial charge in [0, 0.05) is 12.8 Å². The molecular weight excluding hydrogens is 725 g/mol. The van der Waals surface area contributed by atoms with Gasteiger partial charge in [-0.15, -0.1) is 0 Å². The third kappa shape index (κ3) is 41.9. The van der Waals surface area contributed by atoms with E-state index >= 15 is 0 Å². The summed E-state index contributed by atoms with van der Waals surface area (Å²) in [5, 5.41) is 0. The minimum absolute atomic E-state index is 0.0308. The van der Waals surface area contributed by atoms with Gasteiger partial charge < -0.3 is 27.9 Å². The number of hydrogen-bond donors (Lipinski definition) is 0. The quantitative estimate of drug-likeness (QED) is 0.0197. The average molecular weight is 812 g/mol. The predicted molar refractivity (Wildman–Crippen MR) is 231 cm³/mol. The van der Waals surface area contributed by atoms with Gasteiger partial charge in [0.1, 0.15) is 19.8 Å². The minimum atomic E-state index is -4.61. The highest BCUT2D eigenvalue weighted by atomic mass is 31.2. The summed E-state index contributed by atoms with van der Waals surface area (Å²) in [5.41, 5.74) is 0. The molecule has 0 rings (SSSR count). The van der Waals surface area contributed by atoms with Crippen molar-refractivity contribution >= 4 is 19.8 Å². The first-order valence-electron chi connectivity index (χ1n) is 22.7. The Hall–Kier alpha value is -1.77.